The number of alkyl halides is 6. The molecule has 1 aliphatic heterocycles. The fraction of sp³-hybridized carbons (Fsp3) is 0.400. The third kappa shape index (κ3) is 6.93. The standard InChI is InChI=1S/C18H19F3N2O.C2HF3O2/c19-18(20,21)16-10-13(17-5-1-2-8-22-17)6-7-14(16)11-23-9-3-4-15(23)12-24;3-2(4,5)1(6)7/h1-2,5-8,10,15,24H,3-4,9,11-12H2;(H,6,7)/t15-;/m0./s1. The number of rotatable bonds is 4. The van der Waals surface area contributed by atoms with Crippen molar-refractivity contribution in [2.45, 2.75) is 37.8 Å². The summed E-state index contributed by atoms with van der Waals surface area (Å²) < 4.78 is 72.3. The number of aliphatic hydroxyl groups is 1. The minimum Gasteiger partial charge on any atom is -0.475 e. The number of carbonyl (C=O) groups is 1. The van der Waals surface area contributed by atoms with Gasteiger partial charge in [0.2, 0.25) is 0 Å². The van der Waals surface area contributed by atoms with E-state index < -0.39 is 23.9 Å². The SMILES string of the molecule is O=C(O)C(F)(F)F.OC[C@@H]1CCCN1Cc1ccc(-c2ccccn2)cc1C(F)(F)F. The van der Waals surface area contributed by atoms with Gasteiger partial charge in [0.05, 0.1) is 17.9 Å². The lowest BCUT2D eigenvalue weighted by Gasteiger charge is -2.24. The van der Waals surface area contributed by atoms with Crippen molar-refractivity contribution in [3.05, 3.63) is 53.7 Å². The highest BCUT2D eigenvalue weighted by Gasteiger charge is 2.38. The van der Waals surface area contributed by atoms with Crippen molar-refractivity contribution in [3.8, 4) is 11.3 Å². The number of hydrogen-bond acceptors (Lipinski definition) is 4. The number of carboxylic acids is 1. The molecular weight excluding hydrogens is 430 g/mol. The zero-order valence-electron chi connectivity index (χ0n) is 16.1. The van der Waals surface area contributed by atoms with Crippen LogP contribution in [0.2, 0.25) is 0 Å². The number of pyridine rings is 1. The summed E-state index contributed by atoms with van der Waals surface area (Å²) in [7, 11) is 0. The Hall–Kier alpha value is -2.66. The number of nitrogens with zero attached hydrogens (tertiary/aromatic N) is 2. The van der Waals surface area contributed by atoms with Gasteiger partial charge in [0.1, 0.15) is 0 Å². The van der Waals surface area contributed by atoms with Crippen LogP contribution in [0.1, 0.15) is 24.0 Å². The smallest absolute Gasteiger partial charge is 0.475 e. The van der Waals surface area contributed by atoms with E-state index in [1.54, 1.807) is 30.5 Å². The number of benzene rings is 1. The fourth-order valence-electron chi connectivity index (χ4n) is 3.20. The molecule has 11 heteroatoms. The van der Waals surface area contributed by atoms with E-state index in [0.29, 0.717) is 17.8 Å². The Morgan fingerprint density at radius 3 is 2.32 bits per heavy atom. The van der Waals surface area contributed by atoms with Gasteiger partial charge in [0.15, 0.2) is 0 Å². The molecule has 0 unspecified atom stereocenters. The maximum atomic E-state index is 13.5. The number of hydrogen-bond donors (Lipinski definition) is 2. The van der Waals surface area contributed by atoms with Crippen LogP contribution in [0.5, 0.6) is 0 Å². The van der Waals surface area contributed by atoms with Crippen molar-refractivity contribution in [2.24, 2.45) is 0 Å². The molecule has 1 aromatic carbocycles. The summed E-state index contributed by atoms with van der Waals surface area (Å²) in [5.41, 5.74) is 0.576. The lowest BCUT2D eigenvalue weighted by Crippen LogP contribution is -2.32. The summed E-state index contributed by atoms with van der Waals surface area (Å²) in [5.74, 6) is -2.76. The summed E-state index contributed by atoms with van der Waals surface area (Å²) in [6.07, 6.45) is -6.22. The molecule has 1 aliphatic rings. The van der Waals surface area contributed by atoms with Crippen LogP contribution in [0, 0.1) is 0 Å². The molecule has 0 aliphatic carbocycles. The lowest BCUT2D eigenvalue weighted by molar-refractivity contribution is -0.192. The molecule has 1 saturated heterocycles. The molecule has 31 heavy (non-hydrogen) atoms. The number of carboxylic acid groups (broad SMARTS) is 1. The maximum absolute atomic E-state index is 13.5. The van der Waals surface area contributed by atoms with Gasteiger partial charge in [0.25, 0.3) is 0 Å². The molecule has 0 spiro atoms. The van der Waals surface area contributed by atoms with E-state index in [0.717, 1.165) is 12.8 Å². The highest BCUT2D eigenvalue weighted by Crippen LogP contribution is 2.36. The van der Waals surface area contributed by atoms with E-state index in [-0.39, 0.29) is 24.8 Å². The van der Waals surface area contributed by atoms with Crippen molar-refractivity contribution < 1.29 is 41.4 Å². The second-order valence-corrected chi connectivity index (χ2v) is 6.84. The highest BCUT2D eigenvalue weighted by atomic mass is 19.4. The molecule has 0 amide bonds. The zero-order chi connectivity index (χ0) is 23.2. The highest BCUT2D eigenvalue weighted by molar-refractivity contribution is 5.73. The van der Waals surface area contributed by atoms with Crippen LogP contribution < -0.4 is 0 Å². The molecule has 1 fully saturated rings. The number of aromatic nitrogens is 1. The average molecular weight is 450 g/mol. The van der Waals surface area contributed by atoms with Gasteiger partial charge in [-0.15, -0.1) is 0 Å². The Morgan fingerprint density at radius 1 is 1.13 bits per heavy atom. The van der Waals surface area contributed by atoms with Crippen molar-refractivity contribution in [1.29, 1.82) is 0 Å². The van der Waals surface area contributed by atoms with Crippen LogP contribution in [0.15, 0.2) is 42.6 Å². The molecule has 1 atom stereocenters. The summed E-state index contributed by atoms with van der Waals surface area (Å²) in [6, 6.07) is 9.49. The average Bonchev–Trinajstić information content (AvgIpc) is 3.15. The molecule has 3 rings (SSSR count). The van der Waals surface area contributed by atoms with Crippen molar-refractivity contribution >= 4 is 5.97 Å². The van der Waals surface area contributed by atoms with Crippen LogP contribution in [-0.2, 0) is 17.5 Å². The number of aliphatic hydroxyl groups excluding tert-OH is 1. The predicted octanol–water partition coefficient (Wildman–Crippen LogP) is 4.36. The molecule has 2 N–H and O–H groups in total. The Morgan fingerprint density at radius 2 is 1.81 bits per heavy atom. The van der Waals surface area contributed by atoms with Gasteiger partial charge in [-0.1, -0.05) is 18.2 Å². The monoisotopic (exact) mass is 450 g/mol. The topological polar surface area (TPSA) is 73.7 Å². The Kier molecular flexibility index (Phi) is 8.02. The first-order chi connectivity index (χ1) is 14.4. The molecule has 0 bridgehead atoms. The van der Waals surface area contributed by atoms with Gasteiger partial charge in [0, 0.05) is 24.3 Å². The van der Waals surface area contributed by atoms with Gasteiger partial charge >= 0.3 is 18.3 Å². The van der Waals surface area contributed by atoms with Gasteiger partial charge < -0.3 is 10.2 Å². The second kappa shape index (κ2) is 10.1. The van der Waals surface area contributed by atoms with Crippen LogP contribution in [0.25, 0.3) is 11.3 Å². The number of likely N-dealkylation sites (tertiary alicyclic amines) is 1. The third-order valence-corrected chi connectivity index (χ3v) is 4.70. The largest absolute Gasteiger partial charge is 0.490 e. The van der Waals surface area contributed by atoms with E-state index >= 15 is 0 Å². The van der Waals surface area contributed by atoms with E-state index in [2.05, 4.69) is 4.98 Å². The molecule has 1 aromatic heterocycles. The Balaban J connectivity index is 0.000000423. The number of halogens is 6. The Bertz CT molecular complexity index is 871. The molecule has 2 aromatic rings. The molecule has 0 saturated carbocycles. The first kappa shape index (κ1) is 24.6. The first-order valence-corrected chi connectivity index (χ1v) is 9.20. The molecule has 2 heterocycles. The molecular formula is C20H20F6N2O3. The van der Waals surface area contributed by atoms with E-state index in [1.165, 1.54) is 12.1 Å². The summed E-state index contributed by atoms with van der Waals surface area (Å²) in [6.45, 7) is 0.889. The first-order valence-electron chi connectivity index (χ1n) is 9.20. The van der Waals surface area contributed by atoms with E-state index in [9.17, 15) is 31.4 Å². The number of aliphatic carboxylic acids is 1. The van der Waals surface area contributed by atoms with Crippen molar-refractivity contribution in [1.82, 2.24) is 9.88 Å². The van der Waals surface area contributed by atoms with Crippen molar-refractivity contribution in [2.75, 3.05) is 13.2 Å². The molecule has 5 nitrogen and oxygen atoms in total. The zero-order valence-corrected chi connectivity index (χ0v) is 16.1. The lowest BCUT2D eigenvalue weighted by atomic mass is 10.0. The van der Waals surface area contributed by atoms with Crippen LogP contribution in [0.4, 0.5) is 26.3 Å². The minimum absolute atomic E-state index is 0.0205. The van der Waals surface area contributed by atoms with Crippen LogP contribution in [0.3, 0.4) is 0 Å². The van der Waals surface area contributed by atoms with Gasteiger partial charge in [-0.2, -0.15) is 26.3 Å². The summed E-state index contributed by atoms with van der Waals surface area (Å²) in [5, 5.41) is 16.5. The third-order valence-electron chi connectivity index (χ3n) is 4.70. The fourth-order valence-corrected chi connectivity index (χ4v) is 3.20. The predicted molar refractivity (Wildman–Crippen MR) is 98.9 cm³/mol. The van der Waals surface area contributed by atoms with Gasteiger partial charge in [-0.25, -0.2) is 4.79 Å². The van der Waals surface area contributed by atoms with Crippen LogP contribution >= 0.6 is 0 Å². The molecule has 0 radical (unpaired) electrons. The maximum Gasteiger partial charge on any atom is 0.490 e. The van der Waals surface area contributed by atoms with E-state index in [4.69, 9.17) is 9.90 Å². The van der Waals surface area contributed by atoms with Gasteiger partial charge in [-0.05, 0) is 43.1 Å². The normalized spacial score (nSPS) is 17.2. The summed E-state index contributed by atoms with van der Waals surface area (Å²) >= 11 is 0. The quantitative estimate of drug-likeness (QED) is 0.678. The second-order valence-electron chi connectivity index (χ2n) is 6.84. The van der Waals surface area contributed by atoms with E-state index in [1.807, 2.05) is 4.90 Å². The molecule has 170 valence electrons. The minimum atomic E-state index is -5.08. The van der Waals surface area contributed by atoms with Gasteiger partial charge in [-0.3, -0.25) is 9.88 Å². The summed E-state index contributed by atoms with van der Waals surface area (Å²) in [4.78, 5) is 14.9. The Labute approximate surface area is 173 Å². The van der Waals surface area contributed by atoms with Crippen molar-refractivity contribution in [3.63, 3.8) is 0 Å². The van der Waals surface area contributed by atoms with Crippen LogP contribution in [-0.4, -0.2) is 51.4 Å².